The first-order valence-corrected chi connectivity index (χ1v) is 9.19. The fraction of sp³-hybridized carbons (Fsp3) is 0.176. The molecule has 0 aliphatic heterocycles. The van der Waals surface area contributed by atoms with Crippen LogP contribution in [0.2, 0.25) is 0 Å². The average molecular weight is 377 g/mol. The van der Waals surface area contributed by atoms with Gasteiger partial charge in [0.1, 0.15) is 0 Å². The van der Waals surface area contributed by atoms with Gasteiger partial charge in [0.15, 0.2) is 11.5 Å². The second kappa shape index (κ2) is 8.34. The van der Waals surface area contributed by atoms with Crippen molar-refractivity contribution in [2.45, 2.75) is 18.7 Å². The van der Waals surface area contributed by atoms with Crippen LogP contribution in [0.3, 0.4) is 0 Å². The molecule has 0 atom stereocenters. The second-order valence-corrected chi connectivity index (χ2v) is 6.85. The second-order valence-electron chi connectivity index (χ2n) is 5.19. The van der Waals surface area contributed by atoms with E-state index in [1.54, 1.807) is 25.1 Å². The number of nitrogens with one attached hydrogen (secondary N) is 2. The Kier molecular flexibility index (Phi) is 6.18. The third-order valence-electron chi connectivity index (χ3n) is 3.19. The molecule has 1 amide bonds. The summed E-state index contributed by atoms with van der Waals surface area (Å²) in [7, 11) is -3.88. The summed E-state index contributed by atoms with van der Waals surface area (Å²) in [5, 5.41) is 16.3. The van der Waals surface area contributed by atoms with E-state index in [9.17, 15) is 18.3 Å². The SMILES string of the molecule is CCOc1cccc(C=NNS(=O)(=O)c2ccc(NC(C)=O)cc2)c1O. The smallest absolute Gasteiger partial charge is 0.276 e. The van der Waals surface area contributed by atoms with Crippen molar-refractivity contribution in [1.29, 1.82) is 0 Å². The van der Waals surface area contributed by atoms with Crippen molar-refractivity contribution in [2.24, 2.45) is 5.10 Å². The number of ether oxygens (including phenoxy) is 1. The maximum Gasteiger partial charge on any atom is 0.276 e. The van der Waals surface area contributed by atoms with E-state index in [4.69, 9.17) is 4.74 Å². The van der Waals surface area contributed by atoms with Crippen LogP contribution in [-0.4, -0.2) is 32.3 Å². The minimum atomic E-state index is -3.88. The minimum Gasteiger partial charge on any atom is -0.504 e. The lowest BCUT2D eigenvalue weighted by molar-refractivity contribution is -0.114. The molecular weight excluding hydrogens is 358 g/mol. The molecule has 0 aliphatic carbocycles. The molecule has 0 saturated heterocycles. The number of aromatic hydroxyl groups is 1. The van der Waals surface area contributed by atoms with Gasteiger partial charge < -0.3 is 15.2 Å². The van der Waals surface area contributed by atoms with Crippen LogP contribution in [0.5, 0.6) is 11.5 Å². The van der Waals surface area contributed by atoms with E-state index in [1.807, 2.05) is 0 Å². The van der Waals surface area contributed by atoms with Crippen molar-refractivity contribution in [1.82, 2.24) is 4.83 Å². The van der Waals surface area contributed by atoms with Gasteiger partial charge >= 0.3 is 0 Å². The van der Waals surface area contributed by atoms with Gasteiger partial charge in [0, 0.05) is 18.2 Å². The number of phenols is 1. The summed E-state index contributed by atoms with van der Waals surface area (Å²) >= 11 is 0. The lowest BCUT2D eigenvalue weighted by Gasteiger charge is -2.08. The lowest BCUT2D eigenvalue weighted by Crippen LogP contribution is -2.18. The first kappa shape index (κ1) is 19.3. The molecule has 0 fully saturated rings. The highest BCUT2D eigenvalue weighted by Gasteiger charge is 2.13. The number of nitrogens with zero attached hydrogens (tertiary/aromatic N) is 1. The molecule has 0 spiro atoms. The fourth-order valence-electron chi connectivity index (χ4n) is 2.05. The average Bonchev–Trinajstić information content (AvgIpc) is 2.58. The predicted molar refractivity (Wildman–Crippen MR) is 97.9 cm³/mol. The van der Waals surface area contributed by atoms with Crippen LogP contribution in [0.1, 0.15) is 19.4 Å². The Labute approximate surface area is 151 Å². The van der Waals surface area contributed by atoms with Gasteiger partial charge in [-0.25, -0.2) is 4.83 Å². The first-order valence-electron chi connectivity index (χ1n) is 7.71. The van der Waals surface area contributed by atoms with Crippen LogP contribution in [0.15, 0.2) is 52.5 Å². The molecule has 138 valence electrons. The van der Waals surface area contributed by atoms with E-state index >= 15 is 0 Å². The number of hydrogen-bond acceptors (Lipinski definition) is 6. The highest BCUT2D eigenvalue weighted by molar-refractivity contribution is 7.89. The molecule has 0 saturated carbocycles. The topological polar surface area (TPSA) is 117 Å². The molecule has 0 bridgehead atoms. The molecule has 0 heterocycles. The molecule has 0 unspecified atom stereocenters. The molecule has 0 aromatic heterocycles. The molecule has 2 aromatic rings. The van der Waals surface area contributed by atoms with Crippen molar-refractivity contribution in [3.05, 3.63) is 48.0 Å². The number of amides is 1. The van der Waals surface area contributed by atoms with E-state index in [0.717, 1.165) is 0 Å². The predicted octanol–water partition coefficient (Wildman–Crippen LogP) is 2.06. The number of hydrogen-bond donors (Lipinski definition) is 3. The zero-order valence-electron chi connectivity index (χ0n) is 14.3. The van der Waals surface area contributed by atoms with Crippen LogP contribution in [0.4, 0.5) is 5.69 Å². The van der Waals surface area contributed by atoms with Gasteiger partial charge in [0.2, 0.25) is 5.91 Å². The van der Waals surface area contributed by atoms with Crippen molar-refractivity contribution < 1.29 is 23.1 Å². The highest BCUT2D eigenvalue weighted by atomic mass is 32.2. The normalized spacial score (nSPS) is 11.3. The zero-order chi connectivity index (χ0) is 19.2. The van der Waals surface area contributed by atoms with Crippen LogP contribution < -0.4 is 14.9 Å². The standard InChI is InChI=1S/C17H19N3O5S/c1-3-25-16-6-4-5-13(17(16)22)11-18-20-26(23,24)15-9-7-14(8-10-15)19-12(2)21/h4-11,20,22H,3H2,1-2H3,(H,19,21). The van der Waals surface area contributed by atoms with Crippen LogP contribution in [0, 0.1) is 0 Å². The van der Waals surface area contributed by atoms with E-state index in [-0.39, 0.29) is 22.3 Å². The number of benzene rings is 2. The number of carbonyl (C=O) groups is 1. The zero-order valence-corrected chi connectivity index (χ0v) is 15.1. The quantitative estimate of drug-likeness (QED) is 0.504. The Morgan fingerprint density at radius 3 is 2.54 bits per heavy atom. The number of hydrazone groups is 1. The Bertz CT molecular complexity index is 908. The Balaban J connectivity index is 2.11. The molecule has 9 heteroatoms. The first-order chi connectivity index (χ1) is 12.3. The fourth-order valence-corrected chi connectivity index (χ4v) is 2.85. The van der Waals surface area contributed by atoms with E-state index in [1.165, 1.54) is 37.4 Å². The number of phenolic OH excluding ortho intramolecular Hbond substituents is 1. The highest BCUT2D eigenvalue weighted by Crippen LogP contribution is 2.28. The molecule has 26 heavy (non-hydrogen) atoms. The Morgan fingerprint density at radius 2 is 1.92 bits per heavy atom. The van der Waals surface area contributed by atoms with Crippen LogP contribution in [0.25, 0.3) is 0 Å². The molecule has 8 nitrogen and oxygen atoms in total. The summed E-state index contributed by atoms with van der Waals surface area (Å²) in [5.74, 6) is -0.0951. The maximum absolute atomic E-state index is 12.2. The summed E-state index contributed by atoms with van der Waals surface area (Å²) in [6.07, 6.45) is 1.18. The third-order valence-corrected chi connectivity index (χ3v) is 4.43. The summed E-state index contributed by atoms with van der Waals surface area (Å²) in [6, 6.07) is 10.4. The van der Waals surface area contributed by atoms with E-state index in [0.29, 0.717) is 17.9 Å². The molecule has 0 aliphatic rings. The monoisotopic (exact) mass is 377 g/mol. The number of sulfonamides is 1. The van der Waals surface area contributed by atoms with Crippen molar-refractivity contribution in [2.75, 3.05) is 11.9 Å². The lowest BCUT2D eigenvalue weighted by atomic mass is 10.2. The largest absolute Gasteiger partial charge is 0.504 e. The minimum absolute atomic E-state index is 0.0176. The van der Waals surface area contributed by atoms with Gasteiger partial charge in [-0.15, -0.1) is 0 Å². The summed E-state index contributed by atoms with van der Waals surface area (Å²) in [6.45, 7) is 3.53. The molecule has 0 radical (unpaired) electrons. The van der Waals surface area contributed by atoms with Gasteiger partial charge in [-0.3, -0.25) is 4.79 Å². The summed E-state index contributed by atoms with van der Waals surface area (Å²) < 4.78 is 29.7. The third kappa shape index (κ3) is 4.96. The number of anilines is 1. The molecule has 3 N–H and O–H groups in total. The number of carbonyl (C=O) groups excluding carboxylic acids is 1. The Morgan fingerprint density at radius 1 is 1.23 bits per heavy atom. The van der Waals surface area contributed by atoms with Gasteiger partial charge in [-0.2, -0.15) is 13.5 Å². The van der Waals surface area contributed by atoms with Crippen molar-refractivity contribution in [3.63, 3.8) is 0 Å². The van der Waals surface area contributed by atoms with Gasteiger partial charge in [0.05, 0.1) is 17.7 Å². The number of rotatable bonds is 7. The molecule has 2 aromatic carbocycles. The van der Waals surface area contributed by atoms with E-state index in [2.05, 4.69) is 15.2 Å². The van der Waals surface area contributed by atoms with Gasteiger partial charge in [0.25, 0.3) is 10.0 Å². The summed E-state index contributed by atoms with van der Waals surface area (Å²) in [4.78, 5) is 13.0. The van der Waals surface area contributed by atoms with Gasteiger partial charge in [-0.05, 0) is 43.3 Å². The van der Waals surface area contributed by atoms with Crippen LogP contribution in [-0.2, 0) is 14.8 Å². The van der Waals surface area contributed by atoms with Crippen molar-refractivity contribution >= 4 is 27.8 Å². The Hall–Kier alpha value is -3.07. The molecular formula is C17H19N3O5S. The number of para-hydroxylation sites is 1. The van der Waals surface area contributed by atoms with Crippen molar-refractivity contribution in [3.8, 4) is 11.5 Å². The maximum atomic E-state index is 12.2. The summed E-state index contributed by atoms with van der Waals surface area (Å²) in [5.41, 5.74) is 0.789. The van der Waals surface area contributed by atoms with E-state index < -0.39 is 10.0 Å². The van der Waals surface area contributed by atoms with Gasteiger partial charge in [-0.1, -0.05) is 6.07 Å². The molecule has 2 rings (SSSR count). The van der Waals surface area contributed by atoms with Crippen LogP contribution >= 0.6 is 0 Å².